The molecule has 0 spiro atoms. The van der Waals surface area contributed by atoms with Gasteiger partial charge in [0.2, 0.25) is 0 Å². The first kappa shape index (κ1) is 44.4. The van der Waals surface area contributed by atoms with Gasteiger partial charge in [0.05, 0.1) is 6.57 Å². The lowest BCUT2D eigenvalue weighted by Crippen LogP contribution is -2.00. The third kappa shape index (κ3) is 7.92. The van der Waals surface area contributed by atoms with Crippen molar-refractivity contribution in [1.82, 2.24) is 15.0 Å². The molecule has 14 aromatic rings. The third-order valence-corrected chi connectivity index (χ3v) is 14.9. The van der Waals surface area contributed by atoms with E-state index in [1.165, 1.54) is 65.0 Å². The summed E-state index contributed by atoms with van der Waals surface area (Å²) in [5.41, 5.74) is 14.0. The molecule has 0 atom stereocenters. The van der Waals surface area contributed by atoms with Gasteiger partial charge in [-0.25, -0.2) is 19.8 Å². The third-order valence-electron chi connectivity index (χ3n) is 14.9. The molecule has 14 rings (SSSR count). The maximum Gasteiger partial charge on any atom is 0.187 e. The number of hydrogen-bond donors (Lipinski definition) is 0. The Bertz CT molecular complexity index is 4610. The summed E-state index contributed by atoms with van der Waals surface area (Å²) in [5, 5.41) is 12.5. The Labute approximate surface area is 440 Å². The molecule has 0 unspecified atom stereocenters. The first-order valence-corrected chi connectivity index (χ1v) is 25.6. The Balaban J connectivity index is 0.820. The van der Waals surface area contributed by atoms with Crippen LogP contribution in [0.5, 0.6) is 0 Å². The van der Waals surface area contributed by atoms with Crippen LogP contribution >= 0.6 is 0 Å². The number of rotatable bonds is 8. The van der Waals surface area contributed by atoms with Crippen LogP contribution in [0.1, 0.15) is 0 Å². The van der Waals surface area contributed by atoms with Crippen LogP contribution in [-0.4, -0.2) is 15.0 Å². The lowest BCUT2D eigenvalue weighted by Gasteiger charge is -2.15. The van der Waals surface area contributed by atoms with Crippen molar-refractivity contribution in [2.75, 3.05) is 0 Å². The fraction of sp³-hybridized carbons (Fsp3) is 0. The second-order valence-electron chi connectivity index (χ2n) is 19.4. The van der Waals surface area contributed by atoms with Gasteiger partial charge in [-0.2, -0.15) is 0 Å². The molecule has 0 aliphatic rings. The van der Waals surface area contributed by atoms with Crippen molar-refractivity contribution in [3.05, 3.63) is 278 Å². The molecule has 0 saturated heterocycles. The molecular formula is C72H44N4. The number of fused-ring (bicyclic) bond motifs is 9. The summed E-state index contributed by atoms with van der Waals surface area (Å²) in [7, 11) is 0. The first-order chi connectivity index (χ1) is 37.6. The Hall–Kier alpha value is -10.3. The largest absolute Gasteiger partial charge is 0.238 e. The summed E-state index contributed by atoms with van der Waals surface area (Å²) in [6.45, 7) is 8.04. The first-order valence-electron chi connectivity index (χ1n) is 25.6. The van der Waals surface area contributed by atoms with Crippen LogP contribution in [0.2, 0.25) is 0 Å². The highest BCUT2D eigenvalue weighted by molar-refractivity contribution is 6.25. The molecule has 13 aromatic carbocycles. The molecule has 0 aliphatic heterocycles. The van der Waals surface area contributed by atoms with Gasteiger partial charge in [-0.05, 0) is 146 Å². The highest BCUT2D eigenvalue weighted by Crippen LogP contribution is 2.41. The van der Waals surface area contributed by atoms with Crippen LogP contribution in [-0.2, 0) is 0 Å². The fourth-order valence-electron chi connectivity index (χ4n) is 11.2. The summed E-state index contributed by atoms with van der Waals surface area (Å²) in [5.74, 6) is 1.74. The Morgan fingerprint density at radius 3 is 1.24 bits per heavy atom. The van der Waals surface area contributed by atoms with Gasteiger partial charge in [0.1, 0.15) is 0 Å². The molecule has 4 heteroatoms. The van der Waals surface area contributed by atoms with Crippen molar-refractivity contribution in [3.8, 4) is 89.8 Å². The van der Waals surface area contributed by atoms with Crippen molar-refractivity contribution >= 4 is 59.5 Å². The molecule has 0 N–H and O–H groups in total. The molecule has 1 aromatic heterocycles. The fourth-order valence-corrected chi connectivity index (χ4v) is 11.2. The van der Waals surface area contributed by atoms with E-state index >= 15 is 0 Å². The van der Waals surface area contributed by atoms with Gasteiger partial charge in [0.15, 0.2) is 23.2 Å². The summed E-state index contributed by atoms with van der Waals surface area (Å²) < 4.78 is 0. The minimum atomic E-state index is 0.561. The van der Waals surface area contributed by atoms with Crippen LogP contribution in [0.3, 0.4) is 0 Å². The molecule has 0 fully saturated rings. The van der Waals surface area contributed by atoms with Gasteiger partial charge < -0.3 is 0 Å². The van der Waals surface area contributed by atoms with E-state index in [4.69, 9.17) is 21.5 Å². The Morgan fingerprint density at radius 2 is 0.632 bits per heavy atom. The minimum Gasteiger partial charge on any atom is -0.238 e. The highest BCUT2D eigenvalue weighted by Gasteiger charge is 2.18. The molecule has 0 amide bonds. The topological polar surface area (TPSA) is 43.0 Å². The quantitative estimate of drug-likeness (QED) is 0.113. The van der Waals surface area contributed by atoms with Crippen molar-refractivity contribution in [3.63, 3.8) is 0 Å². The van der Waals surface area contributed by atoms with E-state index < -0.39 is 0 Å². The number of aromatic nitrogens is 3. The van der Waals surface area contributed by atoms with Crippen LogP contribution in [0.25, 0.3) is 149 Å². The normalized spacial score (nSPS) is 11.4. The van der Waals surface area contributed by atoms with Gasteiger partial charge in [-0.3, -0.25) is 0 Å². The van der Waals surface area contributed by atoms with E-state index in [-0.39, 0.29) is 0 Å². The zero-order valence-electron chi connectivity index (χ0n) is 41.2. The van der Waals surface area contributed by atoms with Gasteiger partial charge >= 0.3 is 0 Å². The van der Waals surface area contributed by atoms with Gasteiger partial charge in [-0.15, -0.1) is 0 Å². The average molecular weight is 965 g/mol. The van der Waals surface area contributed by atoms with E-state index in [0.717, 1.165) is 61.2 Å². The SMILES string of the molecule is [C-]#[N+]c1ccc(-c2cccc(-c3ccc(-c4ccc5c6ccccc6c6ccccc6c5c4)cc3)c2)c(-c2cccc(-c3nc(-c4ccccc4)nc(-c4cccc(-c5cc6ccccc6c6ccccc56)c4)n3)c2)c1. The maximum absolute atomic E-state index is 8.04. The predicted molar refractivity (Wildman–Crippen MR) is 317 cm³/mol. The monoisotopic (exact) mass is 964 g/mol. The van der Waals surface area contributed by atoms with E-state index in [9.17, 15) is 0 Å². The highest BCUT2D eigenvalue weighted by atomic mass is 15.0. The van der Waals surface area contributed by atoms with Gasteiger partial charge in [-0.1, -0.05) is 231 Å². The molecule has 0 saturated carbocycles. The summed E-state index contributed by atoms with van der Waals surface area (Å²) >= 11 is 0. The van der Waals surface area contributed by atoms with Crippen molar-refractivity contribution in [2.24, 2.45) is 0 Å². The van der Waals surface area contributed by atoms with Gasteiger partial charge in [0.25, 0.3) is 0 Å². The Kier molecular flexibility index (Phi) is 10.9. The number of hydrogen-bond acceptors (Lipinski definition) is 3. The van der Waals surface area contributed by atoms with Crippen LogP contribution < -0.4 is 0 Å². The van der Waals surface area contributed by atoms with E-state index in [2.05, 4.69) is 223 Å². The molecule has 0 bridgehead atoms. The molecule has 0 radical (unpaired) electrons. The molecule has 76 heavy (non-hydrogen) atoms. The molecule has 0 aliphatic carbocycles. The second-order valence-corrected chi connectivity index (χ2v) is 19.4. The summed E-state index contributed by atoms with van der Waals surface area (Å²) in [6.07, 6.45) is 0. The Morgan fingerprint density at radius 1 is 0.224 bits per heavy atom. The zero-order valence-corrected chi connectivity index (χ0v) is 41.2. The lowest BCUT2D eigenvalue weighted by molar-refractivity contribution is 1.07. The molecule has 4 nitrogen and oxygen atoms in total. The van der Waals surface area contributed by atoms with Crippen LogP contribution in [0.4, 0.5) is 5.69 Å². The van der Waals surface area contributed by atoms with Gasteiger partial charge in [0, 0.05) is 16.7 Å². The lowest BCUT2D eigenvalue weighted by atomic mass is 9.90. The smallest absolute Gasteiger partial charge is 0.187 e. The van der Waals surface area contributed by atoms with Crippen LogP contribution in [0, 0.1) is 6.57 Å². The number of benzene rings is 13. The van der Waals surface area contributed by atoms with Crippen molar-refractivity contribution in [1.29, 1.82) is 0 Å². The minimum absolute atomic E-state index is 0.561. The maximum atomic E-state index is 8.04. The summed E-state index contributed by atoms with van der Waals surface area (Å²) in [6, 6.07) is 94.3. The molecular weight excluding hydrogens is 921 g/mol. The standard InChI is InChI=1S/C72H44N4/c1-73-57-37-39-59(51-20-13-19-49(40-51)46-32-34-47(35-33-46)50-36-38-66-63-29-9-8-27-61(63)62-28-10-12-31-65(62)69(66)43-50)68(45-57)53-22-15-24-56(42-53)72-75-70(48-16-3-2-4-17-48)74-71(76-72)55-23-14-21-52(41-55)67-44-54-18-5-6-25-58(54)60-26-7-11-30-64(60)67/h2-45H. The van der Waals surface area contributed by atoms with Crippen molar-refractivity contribution < 1.29 is 0 Å². The van der Waals surface area contributed by atoms with E-state index in [1.54, 1.807) is 0 Å². The number of nitrogens with zero attached hydrogens (tertiary/aromatic N) is 4. The summed E-state index contributed by atoms with van der Waals surface area (Å²) in [4.78, 5) is 19.4. The average Bonchev–Trinajstić information content (AvgIpc) is 3.57. The van der Waals surface area contributed by atoms with E-state index in [1.807, 2.05) is 48.5 Å². The predicted octanol–water partition coefficient (Wildman–Crippen LogP) is 19.5. The molecule has 352 valence electrons. The van der Waals surface area contributed by atoms with Crippen LogP contribution in [0.15, 0.2) is 267 Å². The van der Waals surface area contributed by atoms with E-state index in [0.29, 0.717) is 23.2 Å². The zero-order chi connectivity index (χ0) is 50.5. The molecule has 1 heterocycles. The van der Waals surface area contributed by atoms with Crippen molar-refractivity contribution in [2.45, 2.75) is 0 Å². The second kappa shape index (κ2) is 18.6.